The van der Waals surface area contributed by atoms with E-state index in [1.165, 1.54) is 40.8 Å². The van der Waals surface area contributed by atoms with Crippen molar-refractivity contribution in [1.82, 2.24) is 5.32 Å². The van der Waals surface area contributed by atoms with Gasteiger partial charge in [-0.25, -0.2) is 0 Å². The second kappa shape index (κ2) is 9.42. The molecule has 0 aliphatic heterocycles. The van der Waals surface area contributed by atoms with Gasteiger partial charge in [-0.15, -0.1) is 11.3 Å². The topological polar surface area (TPSA) is 12.0 Å². The average molecular weight is 336 g/mol. The minimum Gasteiger partial charge on any atom is -0.309 e. The maximum atomic E-state index is 3.59. The monoisotopic (exact) mass is 335 g/mol. The predicted octanol–water partition coefficient (Wildman–Crippen LogP) is 5.08. The molecular formula is C13H22BrNS2. The van der Waals surface area contributed by atoms with E-state index in [1.54, 1.807) is 0 Å². The van der Waals surface area contributed by atoms with Crippen LogP contribution >= 0.6 is 39.0 Å². The normalized spacial score (nSPS) is 12.9. The van der Waals surface area contributed by atoms with Crippen LogP contribution in [0.5, 0.6) is 0 Å². The Labute approximate surface area is 122 Å². The molecule has 0 aliphatic carbocycles. The Morgan fingerprint density at radius 1 is 1.35 bits per heavy atom. The minimum atomic E-state index is 0.484. The highest BCUT2D eigenvalue weighted by Gasteiger charge is 2.06. The van der Waals surface area contributed by atoms with Crippen molar-refractivity contribution in [2.75, 3.05) is 18.6 Å². The largest absolute Gasteiger partial charge is 0.309 e. The van der Waals surface area contributed by atoms with E-state index in [9.17, 15) is 0 Å². The van der Waals surface area contributed by atoms with E-state index < -0.39 is 0 Å². The summed E-state index contributed by atoms with van der Waals surface area (Å²) in [6.07, 6.45) is 7.58. The SMILES string of the molecule is CSCCCCCCNC(C)c1cc(Br)cs1. The maximum Gasteiger partial charge on any atom is 0.0386 e. The fraction of sp³-hybridized carbons (Fsp3) is 0.692. The molecule has 0 aliphatic rings. The molecule has 0 saturated carbocycles. The van der Waals surface area contributed by atoms with Crippen LogP contribution in [0, 0.1) is 0 Å². The highest BCUT2D eigenvalue weighted by Crippen LogP contribution is 2.25. The molecule has 1 atom stereocenters. The Hall–Kier alpha value is 0.490. The van der Waals surface area contributed by atoms with Crippen LogP contribution in [0.25, 0.3) is 0 Å². The first-order chi connectivity index (χ1) is 8.24. The van der Waals surface area contributed by atoms with Gasteiger partial charge in [-0.05, 0) is 60.3 Å². The van der Waals surface area contributed by atoms with E-state index in [-0.39, 0.29) is 0 Å². The average Bonchev–Trinajstić information content (AvgIpc) is 2.74. The number of thiophene rings is 1. The second-order valence-electron chi connectivity index (χ2n) is 4.25. The molecule has 1 rings (SSSR count). The summed E-state index contributed by atoms with van der Waals surface area (Å²) in [5.74, 6) is 1.31. The third kappa shape index (κ3) is 6.85. The van der Waals surface area contributed by atoms with Crippen molar-refractivity contribution in [1.29, 1.82) is 0 Å². The lowest BCUT2D eigenvalue weighted by Crippen LogP contribution is -2.18. The molecule has 1 nitrogen and oxygen atoms in total. The zero-order chi connectivity index (χ0) is 12.5. The molecular weight excluding hydrogens is 314 g/mol. The molecule has 0 spiro atoms. The fourth-order valence-electron chi connectivity index (χ4n) is 1.70. The van der Waals surface area contributed by atoms with Gasteiger partial charge in [0.1, 0.15) is 0 Å². The minimum absolute atomic E-state index is 0.484. The van der Waals surface area contributed by atoms with Crippen molar-refractivity contribution >= 4 is 39.0 Å². The van der Waals surface area contributed by atoms with Crippen LogP contribution in [0.4, 0.5) is 0 Å². The zero-order valence-corrected chi connectivity index (χ0v) is 13.9. The van der Waals surface area contributed by atoms with E-state index in [0.29, 0.717) is 6.04 Å². The molecule has 1 heterocycles. The van der Waals surface area contributed by atoms with Gasteiger partial charge in [0, 0.05) is 20.8 Å². The summed E-state index contributed by atoms with van der Waals surface area (Å²) in [6, 6.07) is 2.69. The van der Waals surface area contributed by atoms with Gasteiger partial charge in [-0.3, -0.25) is 0 Å². The predicted molar refractivity (Wildman–Crippen MR) is 85.3 cm³/mol. The third-order valence-corrected chi connectivity index (χ3v) is 5.31. The summed E-state index contributed by atoms with van der Waals surface area (Å²) in [6.45, 7) is 3.38. The first-order valence-electron chi connectivity index (χ1n) is 6.20. The molecule has 1 unspecified atom stereocenters. The second-order valence-corrected chi connectivity index (χ2v) is 7.09. The summed E-state index contributed by atoms with van der Waals surface area (Å²) in [7, 11) is 0. The molecule has 17 heavy (non-hydrogen) atoms. The van der Waals surface area contributed by atoms with E-state index in [4.69, 9.17) is 0 Å². The lowest BCUT2D eigenvalue weighted by Gasteiger charge is -2.11. The molecule has 0 saturated heterocycles. The van der Waals surface area contributed by atoms with Gasteiger partial charge in [0.05, 0.1) is 0 Å². The molecule has 1 N–H and O–H groups in total. The first-order valence-corrected chi connectivity index (χ1v) is 9.27. The molecule has 98 valence electrons. The summed E-state index contributed by atoms with van der Waals surface area (Å²) in [5.41, 5.74) is 0. The Bertz CT molecular complexity index is 301. The highest BCUT2D eigenvalue weighted by atomic mass is 79.9. The Balaban J connectivity index is 2.03. The highest BCUT2D eigenvalue weighted by molar-refractivity contribution is 9.10. The van der Waals surface area contributed by atoms with Gasteiger partial charge in [0.15, 0.2) is 0 Å². The third-order valence-electron chi connectivity index (χ3n) is 2.74. The molecule has 1 aromatic heterocycles. The lowest BCUT2D eigenvalue weighted by atomic mass is 10.2. The first kappa shape index (κ1) is 15.5. The number of rotatable bonds is 9. The van der Waals surface area contributed by atoms with Gasteiger partial charge in [0.2, 0.25) is 0 Å². The van der Waals surface area contributed by atoms with Crippen LogP contribution in [0.3, 0.4) is 0 Å². The lowest BCUT2D eigenvalue weighted by molar-refractivity contribution is 0.542. The molecule has 0 aromatic carbocycles. The van der Waals surface area contributed by atoms with Crippen molar-refractivity contribution in [3.63, 3.8) is 0 Å². The quantitative estimate of drug-likeness (QED) is 0.631. The Morgan fingerprint density at radius 3 is 2.76 bits per heavy atom. The maximum absolute atomic E-state index is 3.59. The van der Waals surface area contributed by atoms with Crippen LogP contribution in [-0.4, -0.2) is 18.6 Å². The standard InChI is InChI=1S/C13H22BrNS2/c1-11(13-9-12(14)10-17-13)15-7-5-3-4-6-8-16-2/h9-11,15H,3-8H2,1-2H3. The van der Waals surface area contributed by atoms with Crippen molar-refractivity contribution in [3.05, 3.63) is 20.8 Å². The molecule has 1 aromatic rings. The summed E-state index contributed by atoms with van der Waals surface area (Å²) >= 11 is 7.27. The van der Waals surface area contributed by atoms with Crippen LogP contribution in [0.2, 0.25) is 0 Å². The van der Waals surface area contributed by atoms with E-state index in [0.717, 1.165) is 6.54 Å². The smallest absolute Gasteiger partial charge is 0.0386 e. The fourth-order valence-corrected chi connectivity index (χ4v) is 3.67. The molecule has 0 radical (unpaired) electrons. The number of hydrogen-bond acceptors (Lipinski definition) is 3. The van der Waals surface area contributed by atoms with E-state index in [1.807, 2.05) is 23.1 Å². The van der Waals surface area contributed by atoms with Gasteiger partial charge in [0.25, 0.3) is 0 Å². The van der Waals surface area contributed by atoms with Crippen molar-refractivity contribution in [3.8, 4) is 0 Å². The molecule has 0 bridgehead atoms. The van der Waals surface area contributed by atoms with Crippen LogP contribution in [-0.2, 0) is 0 Å². The van der Waals surface area contributed by atoms with Gasteiger partial charge in [-0.2, -0.15) is 11.8 Å². The van der Waals surface area contributed by atoms with Crippen molar-refractivity contribution < 1.29 is 0 Å². The number of halogens is 1. The van der Waals surface area contributed by atoms with Crippen LogP contribution < -0.4 is 5.32 Å². The zero-order valence-electron chi connectivity index (χ0n) is 10.7. The Kier molecular flexibility index (Phi) is 8.62. The van der Waals surface area contributed by atoms with Crippen LogP contribution in [0.15, 0.2) is 15.9 Å². The summed E-state index contributed by atoms with van der Waals surface area (Å²) in [5, 5.41) is 5.74. The Morgan fingerprint density at radius 2 is 2.12 bits per heavy atom. The van der Waals surface area contributed by atoms with Gasteiger partial charge < -0.3 is 5.32 Å². The number of thioether (sulfide) groups is 1. The van der Waals surface area contributed by atoms with Gasteiger partial charge >= 0.3 is 0 Å². The van der Waals surface area contributed by atoms with E-state index in [2.05, 4.69) is 45.9 Å². The van der Waals surface area contributed by atoms with Crippen molar-refractivity contribution in [2.24, 2.45) is 0 Å². The van der Waals surface area contributed by atoms with Gasteiger partial charge in [-0.1, -0.05) is 12.8 Å². The number of unbranched alkanes of at least 4 members (excludes halogenated alkanes) is 3. The molecule has 0 amide bonds. The molecule has 4 heteroatoms. The number of nitrogens with one attached hydrogen (secondary N) is 1. The number of hydrogen-bond donors (Lipinski definition) is 1. The van der Waals surface area contributed by atoms with E-state index >= 15 is 0 Å². The van der Waals surface area contributed by atoms with Crippen molar-refractivity contribution in [2.45, 2.75) is 38.6 Å². The summed E-state index contributed by atoms with van der Waals surface area (Å²) < 4.78 is 1.20. The van der Waals surface area contributed by atoms with Crippen LogP contribution in [0.1, 0.15) is 43.5 Å². The summed E-state index contributed by atoms with van der Waals surface area (Å²) in [4.78, 5) is 1.42. The molecule has 0 fully saturated rings.